The SMILES string of the molecule is CCC(C)n1c(=O)c2c(Nc3ccc(N(C)C)cc3)cc(=O)n3c2n(c1=O)-c1c(C)cccc1C3. The van der Waals surface area contributed by atoms with Crippen LogP contribution in [0.4, 0.5) is 17.1 Å². The van der Waals surface area contributed by atoms with Crippen molar-refractivity contribution >= 4 is 28.1 Å². The summed E-state index contributed by atoms with van der Waals surface area (Å²) in [5.41, 5.74) is 3.95. The van der Waals surface area contributed by atoms with Gasteiger partial charge in [0.05, 0.1) is 17.9 Å². The minimum absolute atomic E-state index is 0.272. The predicted molar refractivity (Wildman–Crippen MR) is 141 cm³/mol. The number of benzene rings is 2. The Morgan fingerprint density at radius 3 is 2.43 bits per heavy atom. The van der Waals surface area contributed by atoms with Gasteiger partial charge in [-0.25, -0.2) is 9.36 Å². The van der Waals surface area contributed by atoms with E-state index in [1.807, 2.05) is 82.2 Å². The molecule has 8 heteroatoms. The van der Waals surface area contributed by atoms with Gasteiger partial charge in [0.25, 0.3) is 11.1 Å². The molecule has 1 aliphatic heterocycles. The van der Waals surface area contributed by atoms with E-state index in [-0.39, 0.29) is 11.6 Å². The normalized spacial score (nSPS) is 12.9. The van der Waals surface area contributed by atoms with Crippen LogP contribution in [0.3, 0.4) is 0 Å². The molecule has 8 nitrogen and oxygen atoms in total. The molecule has 4 aromatic rings. The van der Waals surface area contributed by atoms with E-state index in [2.05, 4.69) is 5.32 Å². The third kappa shape index (κ3) is 3.48. The van der Waals surface area contributed by atoms with Crippen LogP contribution in [-0.2, 0) is 6.54 Å². The number of aromatic nitrogens is 3. The van der Waals surface area contributed by atoms with Crippen molar-refractivity contribution in [1.29, 1.82) is 0 Å². The average Bonchev–Trinajstić information content (AvgIpc) is 2.83. The summed E-state index contributed by atoms with van der Waals surface area (Å²) in [6, 6.07) is 14.7. The van der Waals surface area contributed by atoms with Crippen LogP contribution in [0.25, 0.3) is 16.7 Å². The molecule has 0 bridgehead atoms. The number of nitrogens with one attached hydrogen (secondary N) is 1. The molecule has 35 heavy (non-hydrogen) atoms. The molecule has 2 aromatic heterocycles. The van der Waals surface area contributed by atoms with Crippen molar-refractivity contribution in [3.05, 3.63) is 90.8 Å². The largest absolute Gasteiger partial charge is 0.378 e. The Bertz CT molecular complexity index is 1640. The van der Waals surface area contributed by atoms with Gasteiger partial charge in [-0.3, -0.25) is 18.7 Å². The Morgan fingerprint density at radius 1 is 1.06 bits per heavy atom. The van der Waals surface area contributed by atoms with Crippen molar-refractivity contribution in [2.45, 2.75) is 39.8 Å². The fourth-order valence-electron chi connectivity index (χ4n) is 4.84. The molecule has 0 aliphatic carbocycles. The first-order valence-corrected chi connectivity index (χ1v) is 11.8. The summed E-state index contributed by atoms with van der Waals surface area (Å²) in [5.74, 6) is 0. The monoisotopic (exact) mass is 471 g/mol. The molecule has 0 fully saturated rings. The first kappa shape index (κ1) is 22.7. The van der Waals surface area contributed by atoms with Crippen LogP contribution in [0.2, 0.25) is 0 Å². The highest BCUT2D eigenvalue weighted by atomic mass is 16.2. The molecule has 1 N–H and O–H groups in total. The second-order valence-corrected chi connectivity index (χ2v) is 9.38. The number of hydrogen-bond donors (Lipinski definition) is 1. The molecule has 0 saturated heterocycles. The Labute approximate surface area is 202 Å². The van der Waals surface area contributed by atoms with Gasteiger partial charge in [-0.05, 0) is 55.7 Å². The molecule has 0 saturated carbocycles. The van der Waals surface area contributed by atoms with Gasteiger partial charge in [0.2, 0.25) is 0 Å². The third-order valence-corrected chi connectivity index (χ3v) is 6.89. The topological polar surface area (TPSA) is 81.3 Å². The Kier molecular flexibility index (Phi) is 5.39. The first-order chi connectivity index (χ1) is 16.7. The second-order valence-electron chi connectivity index (χ2n) is 9.38. The van der Waals surface area contributed by atoms with Crippen LogP contribution in [-0.4, -0.2) is 27.8 Å². The van der Waals surface area contributed by atoms with E-state index < -0.39 is 11.2 Å². The van der Waals surface area contributed by atoms with Gasteiger partial charge in [-0.2, -0.15) is 0 Å². The first-order valence-electron chi connectivity index (χ1n) is 11.8. The maximum Gasteiger partial charge on any atom is 0.337 e. The van der Waals surface area contributed by atoms with Gasteiger partial charge in [0, 0.05) is 37.6 Å². The summed E-state index contributed by atoms with van der Waals surface area (Å²) >= 11 is 0. The van der Waals surface area contributed by atoms with Gasteiger partial charge in [0.15, 0.2) is 0 Å². The van der Waals surface area contributed by atoms with Crippen molar-refractivity contribution in [2.24, 2.45) is 0 Å². The molecule has 2 aromatic carbocycles. The molecule has 5 rings (SSSR count). The molecule has 1 atom stereocenters. The smallest absolute Gasteiger partial charge is 0.337 e. The summed E-state index contributed by atoms with van der Waals surface area (Å²) in [5, 5.41) is 3.61. The summed E-state index contributed by atoms with van der Waals surface area (Å²) in [6.45, 7) is 6.06. The van der Waals surface area contributed by atoms with Gasteiger partial charge in [0.1, 0.15) is 11.0 Å². The molecular weight excluding hydrogens is 442 g/mol. The zero-order chi connectivity index (χ0) is 25.0. The Balaban J connectivity index is 1.88. The number of hydrogen-bond acceptors (Lipinski definition) is 5. The molecule has 0 amide bonds. The van der Waals surface area contributed by atoms with Crippen LogP contribution in [0.15, 0.2) is 62.9 Å². The lowest BCUT2D eigenvalue weighted by atomic mass is 10.0. The highest BCUT2D eigenvalue weighted by Gasteiger charge is 2.28. The molecule has 180 valence electrons. The fourth-order valence-corrected chi connectivity index (χ4v) is 4.84. The van der Waals surface area contributed by atoms with E-state index in [0.717, 1.165) is 28.2 Å². The molecule has 0 spiro atoms. The van der Waals surface area contributed by atoms with Gasteiger partial charge >= 0.3 is 5.69 Å². The maximum atomic E-state index is 13.8. The highest BCUT2D eigenvalue weighted by Crippen LogP contribution is 2.30. The second kappa shape index (κ2) is 8.30. The van der Waals surface area contributed by atoms with Crippen molar-refractivity contribution in [3.8, 4) is 5.69 Å². The molecule has 0 radical (unpaired) electrons. The number of pyridine rings is 1. The lowest BCUT2D eigenvalue weighted by molar-refractivity contribution is 0.483. The number of aryl methyl sites for hydroxylation is 1. The zero-order valence-electron chi connectivity index (χ0n) is 20.6. The lowest BCUT2D eigenvalue weighted by Gasteiger charge is -2.27. The minimum Gasteiger partial charge on any atom is -0.378 e. The Hall–Kier alpha value is -4.07. The van der Waals surface area contributed by atoms with Crippen molar-refractivity contribution in [3.63, 3.8) is 0 Å². The fraction of sp³-hybridized carbons (Fsp3) is 0.296. The number of nitrogens with zero attached hydrogens (tertiary/aromatic N) is 4. The quantitative estimate of drug-likeness (QED) is 0.422. The van der Waals surface area contributed by atoms with Crippen molar-refractivity contribution in [1.82, 2.24) is 13.7 Å². The third-order valence-electron chi connectivity index (χ3n) is 6.89. The molecule has 1 unspecified atom stereocenters. The lowest BCUT2D eigenvalue weighted by Crippen LogP contribution is -2.45. The van der Waals surface area contributed by atoms with E-state index in [1.54, 1.807) is 4.57 Å². The van der Waals surface area contributed by atoms with Crippen LogP contribution in [0.1, 0.15) is 37.4 Å². The predicted octanol–water partition coefficient (Wildman–Crippen LogP) is 3.76. The number of fused-ring (bicyclic) bond motifs is 2. The average molecular weight is 472 g/mol. The number of anilines is 3. The summed E-state index contributed by atoms with van der Waals surface area (Å²) < 4.78 is 4.40. The van der Waals surface area contributed by atoms with Gasteiger partial charge < -0.3 is 10.2 Å². The van der Waals surface area contributed by atoms with Crippen LogP contribution < -0.4 is 27.0 Å². The van der Waals surface area contributed by atoms with Crippen LogP contribution in [0, 0.1) is 6.92 Å². The molecule has 3 heterocycles. The van der Waals surface area contributed by atoms with Crippen molar-refractivity contribution < 1.29 is 0 Å². The maximum absolute atomic E-state index is 13.8. The van der Waals surface area contributed by atoms with E-state index >= 15 is 0 Å². The van der Waals surface area contributed by atoms with E-state index in [9.17, 15) is 14.4 Å². The summed E-state index contributed by atoms with van der Waals surface area (Å²) in [7, 11) is 3.93. The summed E-state index contributed by atoms with van der Waals surface area (Å²) in [6.07, 6.45) is 0.621. The van der Waals surface area contributed by atoms with E-state index in [0.29, 0.717) is 29.7 Å². The minimum atomic E-state index is -0.423. The molecule has 1 aliphatic rings. The standard InChI is InChI=1S/C27H29N5O3/c1-6-17(3)31-26(34)23-21(28-19-10-12-20(13-11-19)29(4)5)14-22(33)30-15-18-9-7-8-16(2)24(18)32(25(23)30)27(31)35/h7-14,17,28H,6,15H2,1-5H3. The van der Waals surface area contributed by atoms with Gasteiger partial charge in [-0.15, -0.1) is 0 Å². The van der Waals surface area contributed by atoms with Crippen LogP contribution in [0.5, 0.6) is 0 Å². The van der Waals surface area contributed by atoms with E-state index in [4.69, 9.17) is 0 Å². The van der Waals surface area contributed by atoms with Crippen molar-refractivity contribution in [2.75, 3.05) is 24.3 Å². The molecular formula is C27H29N5O3. The van der Waals surface area contributed by atoms with Crippen LogP contribution >= 0.6 is 0 Å². The number of rotatable bonds is 5. The Morgan fingerprint density at radius 2 is 1.77 bits per heavy atom. The van der Waals surface area contributed by atoms with E-state index in [1.165, 1.54) is 15.2 Å². The summed E-state index contributed by atoms with van der Waals surface area (Å²) in [4.78, 5) is 42.9. The number of para-hydroxylation sites is 1. The zero-order valence-corrected chi connectivity index (χ0v) is 20.6. The van der Waals surface area contributed by atoms with Gasteiger partial charge in [-0.1, -0.05) is 25.1 Å². The highest BCUT2D eigenvalue weighted by molar-refractivity contribution is 5.92.